The zero-order valence-electron chi connectivity index (χ0n) is 13.1. The van der Waals surface area contributed by atoms with E-state index in [0.717, 1.165) is 27.8 Å². The van der Waals surface area contributed by atoms with E-state index in [2.05, 4.69) is 21.4 Å². The third kappa shape index (κ3) is 3.62. The van der Waals surface area contributed by atoms with Crippen LogP contribution < -0.4 is 5.32 Å². The van der Waals surface area contributed by atoms with Gasteiger partial charge >= 0.3 is 5.97 Å². The minimum Gasteiger partial charge on any atom is -0.477 e. The molecule has 0 spiro atoms. The molecule has 0 radical (unpaired) electrons. The summed E-state index contributed by atoms with van der Waals surface area (Å²) in [5, 5.41) is 13.5. The van der Waals surface area contributed by atoms with Gasteiger partial charge in [0.15, 0.2) is 0 Å². The number of fused-ring (bicyclic) bond motifs is 1. The molecule has 124 valence electrons. The third-order valence-electron chi connectivity index (χ3n) is 3.74. The summed E-state index contributed by atoms with van der Waals surface area (Å²) in [5.41, 5.74) is 2.18. The SMILES string of the molecule is CC(NC(=O)CCc1ccc2[nH]ccc2c1)c1ncc(C(=O)O)s1. The highest BCUT2D eigenvalue weighted by atomic mass is 32.1. The van der Waals surface area contributed by atoms with Crippen LogP contribution >= 0.6 is 11.3 Å². The van der Waals surface area contributed by atoms with Crippen molar-refractivity contribution in [1.82, 2.24) is 15.3 Å². The highest BCUT2D eigenvalue weighted by molar-refractivity contribution is 7.13. The molecular weight excluding hydrogens is 326 g/mol. The van der Waals surface area contributed by atoms with Crippen LogP contribution in [0.15, 0.2) is 36.7 Å². The van der Waals surface area contributed by atoms with Gasteiger partial charge in [-0.2, -0.15) is 0 Å². The topological polar surface area (TPSA) is 95.1 Å². The van der Waals surface area contributed by atoms with Crippen LogP contribution in [0.4, 0.5) is 0 Å². The Kier molecular flexibility index (Phi) is 4.61. The van der Waals surface area contributed by atoms with Crippen LogP contribution in [-0.2, 0) is 11.2 Å². The number of carboxylic acids is 1. The number of hydrogen-bond acceptors (Lipinski definition) is 4. The molecule has 0 aliphatic rings. The first kappa shape index (κ1) is 16.2. The van der Waals surface area contributed by atoms with Crippen molar-refractivity contribution in [2.75, 3.05) is 0 Å². The lowest BCUT2D eigenvalue weighted by molar-refractivity contribution is -0.121. The van der Waals surface area contributed by atoms with E-state index in [1.807, 2.05) is 24.4 Å². The van der Waals surface area contributed by atoms with E-state index >= 15 is 0 Å². The standard InChI is InChI=1S/C17H17N3O3S/c1-10(16-19-9-14(24-16)17(22)23)20-15(21)5-3-11-2-4-13-12(8-11)6-7-18-13/h2,4,6-10,18H,3,5H2,1H3,(H,20,21)(H,22,23). The van der Waals surface area contributed by atoms with E-state index in [4.69, 9.17) is 5.11 Å². The van der Waals surface area contributed by atoms with Gasteiger partial charge < -0.3 is 15.4 Å². The molecule has 2 heterocycles. The first-order valence-corrected chi connectivity index (χ1v) is 8.39. The van der Waals surface area contributed by atoms with Crippen molar-refractivity contribution >= 4 is 34.1 Å². The number of H-pyrrole nitrogens is 1. The number of carboxylic acid groups (broad SMARTS) is 1. The third-order valence-corrected chi connectivity index (χ3v) is 4.91. The Morgan fingerprint density at radius 2 is 2.21 bits per heavy atom. The molecule has 6 nitrogen and oxygen atoms in total. The number of carbonyl (C=O) groups is 2. The van der Waals surface area contributed by atoms with Crippen molar-refractivity contribution in [2.24, 2.45) is 0 Å². The van der Waals surface area contributed by atoms with Gasteiger partial charge in [0, 0.05) is 18.1 Å². The van der Waals surface area contributed by atoms with E-state index < -0.39 is 5.97 Å². The highest BCUT2D eigenvalue weighted by Gasteiger charge is 2.16. The van der Waals surface area contributed by atoms with Gasteiger partial charge in [0.25, 0.3) is 0 Å². The fraction of sp³-hybridized carbons (Fsp3) is 0.235. The van der Waals surface area contributed by atoms with Crippen molar-refractivity contribution in [3.05, 3.63) is 52.1 Å². The predicted molar refractivity (Wildman–Crippen MR) is 92.3 cm³/mol. The number of hydrogen-bond donors (Lipinski definition) is 3. The van der Waals surface area contributed by atoms with Gasteiger partial charge in [-0.15, -0.1) is 11.3 Å². The van der Waals surface area contributed by atoms with Crippen LogP contribution in [0.1, 0.15) is 39.6 Å². The Bertz CT molecular complexity index is 884. The monoisotopic (exact) mass is 343 g/mol. The number of nitrogens with zero attached hydrogens (tertiary/aromatic N) is 1. The fourth-order valence-corrected chi connectivity index (χ4v) is 3.24. The van der Waals surface area contributed by atoms with Gasteiger partial charge in [-0.3, -0.25) is 4.79 Å². The van der Waals surface area contributed by atoms with Gasteiger partial charge in [0.1, 0.15) is 9.88 Å². The first-order valence-electron chi connectivity index (χ1n) is 7.57. The van der Waals surface area contributed by atoms with Crippen molar-refractivity contribution in [2.45, 2.75) is 25.8 Å². The van der Waals surface area contributed by atoms with Crippen LogP contribution in [0.2, 0.25) is 0 Å². The zero-order valence-corrected chi connectivity index (χ0v) is 13.9. The summed E-state index contributed by atoms with van der Waals surface area (Å²) in [6, 6.07) is 7.79. The Hall–Kier alpha value is -2.67. The second-order valence-corrected chi connectivity index (χ2v) is 6.62. The second kappa shape index (κ2) is 6.84. The number of rotatable bonds is 6. The quantitative estimate of drug-likeness (QED) is 0.641. The van der Waals surface area contributed by atoms with E-state index in [0.29, 0.717) is 17.8 Å². The van der Waals surface area contributed by atoms with Crippen molar-refractivity contribution < 1.29 is 14.7 Å². The highest BCUT2D eigenvalue weighted by Crippen LogP contribution is 2.20. The molecule has 2 aromatic heterocycles. The molecule has 1 aromatic carbocycles. The van der Waals surface area contributed by atoms with Crippen molar-refractivity contribution in [3.8, 4) is 0 Å². The smallest absolute Gasteiger partial charge is 0.347 e. The molecular formula is C17H17N3O3S. The summed E-state index contributed by atoms with van der Waals surface area (Å²) >= 11 is 1.08. The molecule has 0 bridgehead atoms. The van der Waals surface area contributed by atoms with Crippen molar-refractivity contribution in [3.63, 3.8) is 0 Å². The Morgan fingerprint density at radius 1 is 1.38 bits per heavy atom. The number of nitrogens with one attached hydrogen (secondary N) is 2. The first-order chi connectivity index (χ1) is 11.5. The van der Waals surface area contributed by atoms with Gasteiger partial charge in [-0.05, 0) is 42.5 Å². The predicted octanol–water partition coefficient (Wildman–Crippen LogP) is 3.13. The summed E-state index contributed by atoms with van der Waals surface area (Å²) in [6.45, 7) is 1.80. The van der Waals surface area contributed by atoms with E-state index in [9.17, 15) is 9.59 Å². The Labute approximate surface area is 142 Å². The Morgan fingerprint density at radius 3 is 2.96 bits per heavy atom. The maximum absolute atomic E-state index is 12.1. The number of aryl methyl sites for hydroxylation is 1. The lowest BCUT2D eigenvalue weighted by Crippen LogP contribution is -2.26. The van der Waals surface area contributed by atoms with Crippen LogP contribution in [0.5, 0.6) is 0 Å². The molecule has 1 atom stereocenters. The summed E-state index contributed by atoms with van der Waals surface area (Å²) in [5.74, 6) is -1.08. The molecule has 3 aromatic rings. The minimum absolute atomic E-state index is 0.0799. The molecule has 24 heavy (non-hydrogen) atoms. The van der Waals surface area contributed by atoms with E-state index in [1.165, 1.54) is 6.20 Å². The maximum Gasteiger partial charge on any atom is 0.347 e. The molecule has 0 aliphatic heterocycles. The van der Waals surface area contributed by atoms with E-state index in [-0.39, 0.29) is 16.8 Å². The number of aromatic amines is 1. The summed E-state index contributed by atoms with van der Waals surface area (Å²) < 4.78 is 0. The average molecular weight is 343 g/mol. The normalized spacial score (nSPS) is 12.2. The minimum atomic E-state index is -1.00. The molecule has 0 saturated carbocycles. The lowest BCUT2D eigenvalue weighted by atomic mass is 10.1. The number of benzene rings is 1. The molecule has 0 fully saturated rings. The van der Waals surface area contributed by atoms with E-state index in [1.54, 1.807) is 6.92 Å². The van der Waals surface area contributed by atoms with Gasteiger partial charge in [-0.1, -0.05) is 6.07 Å². The number of aromatic nitrogens is 2. The molecule has 3 N–H and O–H groups in total. The molecule has 0 saturated heterocycles. The second-order valence-electron chi connectivity index (χ2n) is 5.56. The lowest BCUT2D eigenvalue weighted by Gasteiger charge is -2.11. The zero-order chi connectivity index (χ0) is 17.1. The number of amides is 1. The van der Waals surface area contributed by atoms with Crippen LogP contribution in [-0.4, -0.2) is 27.0 Å². The summed E-state index contributed by atoms with van der Waals surface area (Å²) in [7, 11) is 0. The van der Waals surface area contributed by atoms with Gasteiger partial charge in [0.05, 0.1) is 12.2 Å². The largest absolute Gasteiger partial charge is 0.477 e. The molecule has 7 heteroatoms. The number of carbonyl (C=O) groups excluding carboxylic acids is 1. The maximum atomic E-state index is 12.1. The van der Waals surface area contributed by atoms with Crippen molar-refractivity contribution in [1.29, 1.82) is 0 Å². The summed E-state index contributed by atoms with van der Waals surface area (Å²) in [4.78, 5) is 30.3. The fourth-order valence-electron chi connectivity index (χ4n) is 2.48. The number of aromatic carboxylic acids is 1. The average Bonchev–Trinajstić information content (AvgIpc) is 3.21. The van der Waals surface area contributed by atoms with Crippen LogP contribution in [0.25, 0.3) is 10.9 Å². The molecule has 1 amide bonds. The molecule has 0 aliphatic carbocycles. The summed E-state index contributed by atoms with van der Waals surface area (Å²) in [6.07, 6.45) is 4.23. The van der Waals surface area contributed by atoms with Gasteiger partial charge in [0.2, 0.25) is 5.91 Å². The molecule has 1 unspecified atom stereocenters. The molecule has 3 rings (SSSR count). The van der Waals surface area contributed by atoms with Crippen LogP contribution in [0.3, 0.4) is 0 Å². The number of thiazole rings is 1. The van der Waals surface area contributed by atoms with Gasteiger partial charge in [-0.25, -0.2) is 9.78 Å². The Balaban J connectivity index is 1.55. The van der Waals surface area contributed by atoms with Crippen LogP contribution in [0, 0.1) is 0 Å².